The summed E-state index contributed by atoms with van der Waals surface area (Å²) in [6.45, 7) is 8.07. The minimum atomic E-state index is -0.170. The first-order valence-corrected chi connectivity index (χ1v) is 12.1. The third kappa shape index (κ3) is 5.91. The lowest BCUT2D eigenvalue weighted by atomic mass is 9.88. The number of hydrogen-bond donors (Lipinski definition) is 3. The van der Waals surface area contributed by atoms with Gasteiger partial charge in [-0.25, -0.2) is 9.97 Å². The summed E-state index contributed by atoms with van der Waals surface area (Å²) < 4.78 is 5.84. The fraction of sp³-hybridized carbons (Fsp3) is 0.600. The van der Waals surface area contributed by atoms with Crippen LogP contribution >= 0.6 is 11.6 Å². The summed E-state index contributed by atoms with van der Waals surface area (Å²) in [6, 6.07) is 6.44. The van der Waals surface area contributed by atoms with Crippen LogP contribution in [-0.4, -0.2) is 46.0 Å². The number of aliphatic hydroxyl groups excluding tert-OH is 1. The molecule has 32 heavy (non-hydrogen) atoms. The molecule has 0 radical (unpaired) electrons. The maximum absolute atomic E-state index is 9.75. The molecule has 174 valence electrons. The Balaban J connectivity index is 1.48. The van der Waals surface area contributed by atoms with E-state index in [1.807, 2.05) is 12.1 Å². The topological polar surface area (TPSA) is 79.3 Å². The highest BCUT2D eigenvalue weighted by Crippen LogP contribution is 2.33. The van der Waals surface area contributed by atoms with Gasteiger partial charge in [0.15, 0.2) is 0 Å². The molecule has 2 aliphatic rings. The second-order valence-corrected chi connectivity index (χ2v) is 10.3. The standard InChI is InChI=1S/C25H35ClN4O2/c1-16-4-9-22(27-14-17-10-11-32-25(2,3)13-17)30-24(16)20-12-23(28-15-21(20)26)29-18-5-7-19(31)8-6-18/h4,9,12,15,17-19,31H,5-8,10-11,13-14H2,1-3H3,(H,27,30)(H,28,29). The minimum absolute atomic E-state index is 0.0547. The molecule has 1 aliphatic heterocycles. The molecule has 1 saturated heterocycles. The molecule has 4 rings (SSSR count). The molecule has 1 unspecified atom stereocenters. The van der Waals surface area contributed by atoms with Gasteiger partial charge in [0, 0.05) is 31.0 Å². The van der Waals surface area contributed by atoms with Crippen molar-refractivity contribution in [1.29, 1.82) is 0 Å². The number of anilines is 2. The van der Waals surface area contributed by atoms with E-state index in [4.69, 9.17) is 21.3 Å². The molecule has 2 aromatic heterocycles. The number of halogens is 1. The molecule has 0 aromatic carbocycles. The van der Waals surface area contributed by atoms with Crippen molar-refractivity contribution in [3.05, 3.63) is 35.0 Å². The molecule has 3 heterocycles. The largest absolute Gasteiger partial charge is 0.393 e. The lowest BCUT2D eigenvalue weighted by Crippen LogP contribution is -2.36. The van der Waals surface area contributed by atoms with Crippen LogP contribution in [0.25, 0.3) is 11.3 Å². The maximum atomic E-state index is 9.75. The van der Waals surface area contributed by atoms with Gasteiger partial charge in [-0.15, -0.1) is 0 Å². The zero-order valence-corrected chi connectivity index (χ0v) is 20.1. The van der Waals surface area contributed by atoms with Crippen molar-refractivity contribution in [2.45, 2.75) is 77.0 Å². The van der Waals surface area contributed by atoms with E-state index in [2.05, 4.69) is 42.5 Å². The second kappa shape index (κ2) is 9.94. The zero-order valence-electron chi connectivity index (χ0n) is 19.3. The molecule has 1 saturated carbocycles. The van der Waals surface area contributed by atoms with Gasteiger partial charge in [0.05, 0.1) is 22.4 Å². The van der Waals surface area contributed by atoms with Crippen LogP contribution in [0.1, 0.15) is 57.9 Å². The number of aryl methyl sites for hydroxylation is 1. The molecule has 0 amide bonds. The van der Waals surface area contributed by atoms with Gasteiger partial charge in [0.25, 0.3) is 0 Å². The molecule has 2 aromatic rings. The first kappa shape index (κ1) is 23.3. The molecule has 1 atom stereocenters. The van der Waals surface area contributed by atoms with Crippen LogP contribution in [0, 0.1) is 12.8 Å². The van der Waals surface area contributed by atoms with Crippen molar-refractivity contribution >= 4 is 23.2 Å². The van der Waals surface area contributed by atoms with E-state index in [0.29, 0.717) is 17.0 Å². The van der Waals surface area contributed by atoms with Gasteiger partial charge < -0.3 is 20.5 Å². The molecule has 2 fully saturated rings. The van der Waals surface area contributed by atoms with Crippen LogP contribution in [0.2, 0.25) is 5.02 Å². The third-order valence-corrected chi connectivity index (χ3v) is 6.93. The van der Waals surface area contributed by atoms with E-state index in [1.165, 1.54) is 0 Å². The number of rotatable bonds is 6. The Kier molecular flexibility index (Phi) is 7.23. The summed E-state index contributed by atoms with van der Waals surface area (Å²) >= 11 is 6.55. The molecule has 7 heteroatoms. The minimum Gasteiger partial charge on any atom is -0.393 e. The first-order valence-electron chi connectivity index (χ1n) is 11.7. The number of nitrogens with one attached hydrogen (secondary N) is 2. The normalized spacial score (nSPS) is 25.3. The Bertz CT molecular complexity index is 928. The lowest BCUT2D eigenvalue weighted by Gasteiger charge is -2.35. The maximum Gasteiger partial charge on any atom is 0.126 e. The van der Waals surface area contributed by atoms with Gasteiger partial charge in [0.2, 0.25) is 0 Å². The quantitative estimate of drug-likeness (QED) is 0.535. The lowest BCUT2D eigenvalue weighted by molar-refractivity contribution is -0.0699. The highest BCUT2D eigenvalue weighted by atomic mass is 35.5. The molecule has 6 nitrogen and oxygen atoms in total. The highest BCUT2D eigenvalue weighted by molar-refractivity contribution is 6.33. The Hall–Kier alpha value is -1.89. The predicted molar refractivity (Wildman–Crippen MR) is 130 cm³/mol. The predicted octanol–water partition coefficient (Wildman–Crippen LogP) is 5.44. The van der Waals surface area contributed by atoms with Gasteiger partial charge in [-0.3, -0.25) is 0 Å². The van der Waals surface area contributed by atoms with Crippen LogP contribution in [0.3, 0.4) is 0 Å². The number of aliphatic hydroxyl groups is 1. The average molecular weight is 459 g/mol. The van der Waals surface area contributed by atoms with Gasteiger partial charge in [-0.1, -0.05) is 17.7 Å². The van der Waals surface area contributed by atoms with Gasteiger partial charge in [0.1, 0.15) is 11.6 Å². The smallest absolute Gasteiger partial charge is 0.126 e. The highest BCUT2D eigenvalue weighted by Gasteiger charge is 2.28. The van der Waals surface area contributed by atoms with E-state index in [0.717, 1.165) is 80.1 Å². The average Bonchev–Trinajstić information content (AvgIpc) is 2.75. The van der Waals surface area contributed by atoms with E-state index in [1.54, 1.807) is 6.20 Å². The van der Waals surface area contributed by atoms with Gasteiger partial charge in [-0.2, -0.15) is 0 Å². The Morgan fingerprint density at radius 1 is 1.16 bits per heavy atom. The van der Waals surface area contributed by atoms with E-state index >= 15 is 0 Å². The number of pyridine rings is 2. The van der Waals surface area contributed by atoms with Crippen LogP contribution in [0.5, 0.6) is 0 Å². The van der Waals surface area contributed by atoms with Crippen molar-refractivity contribution in [2.24, 2.45) is 5.92 Å². The summed E-state index contributed by atoms with van der Waals surface area (Å²) in [5.74, 6) is 2.23. The summed E-state index contributed by atoms with van der Waals surface area (Å²) in [7, 11) is 0. The Labute approximate surface area is 196 Å². The van der Waals surface area contributed by atoms with Gasteiger partial charge in [-0.05, 0) is 82.9 Å². The second-order valence-electron chi connectivity index (χ2n) is 9.91. The number of nitrogens with zero attached hydrogens (tertiary/aromatic N) is 2. The van der Waals surface area contributed by atoms with Crippen molar-refractivity contribution < 1.29 is 9.84 Å². The van der Waals surface area contributed by atoms with E-state index < -0.39 is 0 Å². The molecular weight excluding hydrogens is 424 g/mol. The SMILES string of the molecule is Cc1ccc(NCC2CCOC(C)(C)C2)nc1-c1cc(NC2CCC(O)CC2)ncc1Cl. The molecule has 0 spiro atoms. The summed E-state index contributed by atoms with van der Waals surface area (Å²) in [6.07, 6.45) is 7.19. The summed E-state index contributed by atoms with van der Waals surface area (Å²) in [5.41, 5.74) is 2.77. The third-order valence-electron chi connectivity index (χ3n) is 6.63. The van der Waals surface area contributed by atoms with Crippen molar-refractivity contribution in [1.82, 2.24) is 9.97 Å². The van der Waals surface area contributed by atoms with Crippen LogP contribution < -0.4 is 10.6 Å². The van der Waals surface area contributed by atoms with Gasteiger partial charge >= 0.3 is 0 Å². The number of hydrogen-bond acceptors (Lipinski definition) is 6. The molecule has 1 aliphatic carbocycles. The number of aromatic nitrogens is 2. The van der Waals surface area contributed by atoms with Crippen molar-refractivity contribution in [3.8, 4) is 11.3 Å². The van der Waals surface area contributed by atoms with Crippen LogP contribution in [0.15, 0.2) is 24.4 Å². The molecule has 3 N–H and O–H groups in total. The Morgan fingerprint density at radius 3 is 2.69 bits per heavy atom. The van der Waals surface area contributed by atoms with E-state index in [-0.39, 0.29) is 11.7 Å². The summed E-state index contributed by atoms with van der Waals surface area (Å²) in [5, 5.41) is 17.4. The fourth-order valence-corrected chi connectivity index (χ4v) is 5.00. The molecular formula is C25H35ClN4O2. The Morgan fingerprint density at radius 2 is 1.94 bits per heavy atom. The van der Waals surface area contributed by atoms with Crippen molar-refractivity contribution in [3.63, 3.8) is 0 Å². The zero-order chi connectivity index (χ0) is 22.7. The number of ether oxygens (including phenoxy) is 1. The van der Waals surface area contributed by atoms with Crippen LogP contribution in [0.4, 0.5) is 11.6 Å². The molecule has 0 bridgehead atoms. The van der Waals surface area contributed by atoms with E-state index in [9.17, 15) is 5.11 Å². The monoisotopic (exact) mass is 458 g/mol. The first-order chi connectivity index (χ1) is 15.3. The fourth-order valence-electron chi connectivity index (χ4n) is 4.81. The van der Waals surface area contributed by atoms with Crippen molar-refractivity contribution in [2.75, 3.05) is 23.8 Å². The van der Waals surface area contributed by atoms with Crippen LogP contribution in [-0.2, 0) is 4.74 Å². The summed E-state index contributed by atoms with van der Waals surface area (Å²) in [4.78, 5) is 9.39.